The van der Waals surface area contributed by atoms with Crippen LogP contribution in [-0.2, 0) is 14.3 Å². The van der Waals surface area contributed by atoms with E-state index in [2.05, 4.69) is 6.92 Å². The molecule has 1 N–H and O–H groups in total. The number of hydrogen-bond acceptors (Lipinski definition) is 3. The van der Waals surface area contributed by atoms with Crippen LogP contribution in [0.5, 0.6) is 0 Å². The maximum absolute atomic E-state index is 11.9. The highest BCUT2D eigenvalue weighted by atomic mass is 16.5. The lowest BCUT2D eigenvalue weighted by molar-refractivity contribution is -0.144. The molecule has 39 heavy (non-hydrogen) atoms. The van der Waals surface area contributed by atoms with Gasteiger partial charge < -0.3 is 9.84 Å². The third kappa shape index (κ3) is 34.9. The predicted octanol–water partition coefficient (Wildman–Crippen LogP) is 11.7. The molecule has 0 aromatic carbocycles. The number of aliphatic carboxylic acids is 1. The Balaban J connectivity index is 3.14. The van der Waals surface area contributed by atoms with Crippen LogP contribution in [0.15, 0.2) is 0 Å². The zero-order valence-electron chi connectivity index (χ0n) is 26.3. The van der Waals surface area contributed by atoms with Gasteiger partial charge in [0.2, 0.25) is 0 Å². The molecule has 0 bridgehead atoms. The molecule has 0 saturated carbocycles. The van der Waals surface area contributed by atoms with Gasteiger partial charge in [0.15, 0.2) is 0 Å². The van der Waals surface area contributed by atoms with E-state index in [1.165, 1.54) is 161 Å². The molecule has 4 heteroatoms. The van der Waals surface area contributed by atoms with Gasteiger partial charge in [-0.25, -0.2) is 0 Å². The van der Waals surface area contributed by atoms with E-state index >= 15 is 0 Å². The van der Waals surface area contributed by atoms with E-state index in [0.717, 1.165) is 25.7 Å². The summed E-state index contributed by atoms with van der Waals surface area (Å²) in [6.45, 7) is 2.88. The number of rotatable bonds is 33. The summed E-state index contributed by atoms with van der Waals surface area (Å²) in [4.78, 5) is 22.3. The average Bonchev–Trinajstić information content (AvgIpc) is 2.92. The van der Waals surface area contributed by atoms with E-state index in [4.69, 9.17) is 9.84 Å². The Morgan fingerprint density at radius 1 is 0.410 bits per heavy atom. The number of carboxylic acids is 1. The number of carbonyl (C=O) groups is 2. The molecule has 0 amide bonds. The van der Waals surface area contributed by atoms with Crippen molar-refractivity contribution in [2.24, 2.45) is 0 Å². The Labute approximate surface area is 243 Å². The third-order valence-corrected chi connectivity index (χ3v) is 8.03. The smallest absolute Gasteiger partial charge is 0.305 e. The van der Waals surface area contributed by atoms with Gasteiger partial charge in [0, 0.05) is 12.8 Å². The summed E-state index contributed by atoms with van der Waals surface area (Å²) in [5.74, 6) is -0.651. The van der Waals surface area contributed by atoms with Crippen molar-refractivity contribution in [2.75, 3.05) is 6.61 Å². The highest BCUT2D eigenvalue weighted by molar-refractivity contribution is 5.69. The number of esters is 1. The summed E-state index contributed by atoms with van der Waals surface area (Å²) < 4.78 is 5.42. The van der Waals surface area contributed by atoms with Crippen LogP contribution < -0.4 is 0 Å². The second-order valence-electron chi connectivity index (χ2n) is 12.0. The molecule has 0 spiro atoms. The molecule has 0 rings (SSSR count). The molecule has 0 aliphatic carbocycles. The second kappa shape index (κ2) is 33.1. The molecular formula is C35H68O4. The second-order valence-corrected chi connectivity index (χ2v) is 12.0. The monoisotopic (exact) mass is 553 g/mol. The number of unbranched alkanes of at least 4 members (excludes halogenated alkanes) is 27. The van der Waals surface area contributed by atoms with E-state index in [0.29, 0.717) is 19.4 Å². The van der Waals surface area contributed by atoms with Crippen molar-refractivity contribution in [1.29, 1.82) is 0 Å². The van der Waals surface area contributed by atoms with Gasteiger partial charge in [-0.3, -0.25) is 9.59 Å². The molecule has 0 heterocycles. The summed E-state index contributed by atoms with van der Waals surface area (Å²) in [7, 11) is 0. The molecule has 0 unspecified atom stereocenters. The molecule has 0 atom stereocenters. The molecule has 232 valence electrons. The van der Waals surface area contributed by atoms with Crippen molar-refractivity contribution < 1.29 is 19.4 Å². The fourth-order valence-electron chi connectivity index (χ4n) is 5.40. The quantitative estimate of drug-likeness (QED) is 0.0649. The van der Waals surface area contributed by atoms with Gasteiger partial charge in [0.1, 0.15) is 0 Å². The third-order valence-electron chi connectivity index (χ3n) is 8.03. The maximum atomic E-state index is 11.9. The first-order valence-electron chi connectivity index (χ1n) is 17.5. The Morgan fingerprint density at radius 2 is 0.692 bits per heavy atom. The van der Waals surface area contributed by atoms with Gasteiger partial charge >= 0.3 is 11.9 Å². The van der Waals surface area contributed by atoms with Crippen LogP contribution in [0.3, 0.4) is 0 Å². The molecule has 4 nitrogen and oxygen atoms in total. The van der Waals surface area contributed by atoms with Crippen LogP contribution in [-0.4, -0.2) is 23.7 Å². The molecular weight excluding hydrogens is 484 g/mol. The van der Waals surface area contributed by atoms with Crippen molar-refractivity contribution in [3.8, 4) is 0 Å². The van der Waals surface area contributed by atoms with E-state index in [-0.39, 0.29) is 5.97 Å². The molecule has 0 fully saturated rings. The standard InChI is InChI=1S/C35H68O4/c1-2-3-4-5-6-7-16-20-23-26-29-32-35(38)39-33-30-27-24-21-18-15-13-11-9-8-10-12-14-17-19-22-25-28-31-34(36)37/h2-33H2,1H3,(H,36,37). The zero-order chi connectivity index (χ0) is 28.5. The van der Waals surface area contributed by atoms with E-state index in [1.54, 1.807) is 0 Å². The number of ether oxygens (including phenoxy) is 1. The summed E-state index contributed by atoms with van der Waals surface area (Å²) in [6.07, 6.45) is 38.2. The maximum Gasteiger partial charge on any atom is 0.305 e. The van der Waals surface area contributed by atoms with Crippen molar-refractivity contribution in [3.05, 3.63) is 0 Å². The summed E-state index contributed by atoms with van der Waals surface area (Å²) in [6, 6.07) is 0. The van der Waals surface area contributed by atoms with Gasteiger partial charge in [-0.05, 0) is 19.3 Å². The molecule has 0 aliphatic heterocycles. The Kier molecular flexibility index (Phi) is 32.2. The normalized spacial score (nSPS) is 11.2. The van der Waals surface area contributed by atoms with Gasteiger partial charge in [0.25, 0.3) is 0 Å². The van der Waals surface area contributed by atoms with Gasteiger partial charge in [-0.15, -0.1) is 0 Å². The topological polar surface area (TPSA) is 63.6 Å². The van der Waals surface area contributed by atoms with Crippen LogP contribution in [0.2, 0.25) is 0 Å². The predicted molar refractivity (Wildman–Crippen MR) is 167 cm³/mol. The van der Waals surface area contributed by atoms with Gasteiger partial charge in [-0.1, -0.05) is 174 Å². The lowest BCUT2D eigenvalue weighted by Crippen LogP contribution is -2.05. The van der Waals surface area contributed by atoms with E-state index in [1.807, 2.05) is 0 Å². The van der Waals surface area contributed by atoms with Crippen LogP contribution in [0.1, 0.15) is 206 Å². The Bertz CT molecular complexity index is 505. The van der Waals surface area contributed by atoms with Gasteiger partial charge in [-0.2, -0.15) is 0 Å². The first kappa shape index (κ1) is 37.9. The average molecular weight is 553 g/mol. The highest BCUT2D eigenvalue weighted by Gasteiger charge is 2.03. The highest BCUT2D eigenvalue weighted by Crippen LogP contribution is 2.15. The summed E-state index contributed by atoms with van der Waals surface area (Å²) in [5.41, 5.74) is 0. The SMILES string of the molecule is CCCCCCCCCCCCCC(=O)OCCCCCCCCCCCCCCCCCCCCC(=O)O. The van der Waals surface area contributed by atoms with Crippen LogP contribution in [0.4, 0.5) is 0 Å². The summed E-state index contributed by atoms with van der Waals surface area (Å²) in [5, 5.41) is 8.62. The molecule has 0 radical (unpaired) electrons. The minimum Gasteiger partial charge on any atom is -0.481 e. The van der Waals surface area contributed by atoms with Crippen molar-refractivity contribution in [1.82, 2.24) is 0 Å². The van der Waals surface area contributed by atoms with Crippen LogP contribution >= 0.6 is 0 Å². The first-order valence-corrected chi connectivity index (χ1v) is 17.5. The van der Waals surface area contributed by atoms with Crippen molar-refractivity contribution in [2.45, 2.75) is 206 Å². The minimum atomic E-state index is -0.661. The zero-order valence-corrected chi connectivity index (χ0v) is 26.3. The lowest BCUT2D eigenvalue weighted by atomic mass is 10.0. The van der Waals surface area contributed by atoms with Gasteiger partial charge in [0.05, 0.1) is 6.61 Å². The fraction of sp³-hybridized carbons (Fsp3) is 0.943. The van der Waals surface area contributed by atoms with Crippen LogP contribution in [0, 0.1) is 0 Å². The fourth-order valence-corrected chi connectivity index (χ4v) is 5.40. The Morgan fingerprint density at radius 3 is 1.03 bits per heavy atom. The lowest BCUT2D eigenvalue weighted by Gasteiger charge is -2.06. The molecule has 0 aliphatic rings. The number of hydrogen-bond donors (Lipinski definition) is 1. The molecule has 0 saturated heterocycles. The van der Waals surface area contributed by atoms with E-state index in [9.17, 15) is 9.59 Å². The van der Waals surface area contributed by atoms with Crippen molar-refractivity contribution in [3.63, 3.8) is 0 Å². The molecule has 0 aromatic rings. The minimum absolute atomic E-state index is 0.0101. The largest absolute Gasteiger partial charge is 0.481 e. The summed E-state index contributed by atoms with van der Waals surface area (Å²) >= 11 is 0. The Hall–Kier alpha value is -1.06. The molecule has 0 aromatic heterocycles. The first-order chi connectivity index (χ1) is 19.2. The number of carbonyl (C=O) groups excluding carboxylic acids is 1. The number of carboxylic acid groups (broad SMARTS) is 1. The van der Waals surface area contributed by atoms with Crippen LogP contribution in [0.25, 0.3) is 0 Å². The van der Waals surface area contributed by atoms with Crippen molar-refractivity contribution >= 4 is 11.9 Å². The van der Waals surface area contributed by atoms with E-state index < -0.39 is 5.97 Å².